The minimum absolute atomic E-state index is 0.452. The molecule has 1 aliphatic carbocycles. The van der Waals surface area contributed by atoms with E-state index >= 15 is 0 Å². The molecule has 0 amide bonds. The van der Waals surface area contributed by atoms with Crippen LogP contribution in [-0.2, 0) is 0 Å². The molecule has 0 N–H and O–H groups in total. The third-order valence-corrected chi connectivity index (χ3v) is 2.87. The van der Waals surface area contributed by atoms with E-state index in [1.165, 1.54) is 11.3 Å². The zero-order valence-electron chi connectivity index (χ0n) is 10.1. The monoisotopic (exact) mass is 214 g/mol. The van der Waals surface area contributed by atoms with Crippen LogP contribution in [0.3, 0.4) is 0 Å². The first-order chi connectivity index (χ1) is 7.74. The van der Waals surface area contributed by atoms with Gasteiger partial charge in [0.2, 0.25) is 0 Å². The summed E-state index contributed by atoms with van der Waals surface area (Å²) in [6.07, 6.45) is 13.6. The van der Waals surface area contributed by atoms with E-state index in [4.69, 9.17) is 0 Å². The molecule has 2 rings (SSSR count). The highest BCUT2D eigenvalue weighted by Gasteiger charge is 2.29. The average molecular weight is 214 g/mol. The number of hydrogen-bond acceptors (Lipinski definition) is 1. The van der Waals surface area contributed by atoms with Crippen LogP contribution in [0.25, 0.3) is 0 Å². The topological polar surface area (TPSA) is 15.6 Å². The van der Waals surface area contributed by atoms with Gasteiger partial charge in [-0.05, 0) is 25.5 Å². The summed E-state index contributed by atoms with van der Waals surface area (Å²) in [6, 6.07) is 0.452. The van der Waals surface area contributed by atoms with Gasteiger partial charge in [-0.2, -0.15) is 0 Å². The van der Waals surface area contributed by atoms with Gasteiger partial charge in [0.05, 0.1) is 0 Å². The molecule has 0 aromatic carbocycles. The molecule has 2 nitrogen and oxygen atoms in total. The molecule has 2 aliphatic rings. The Kier molecular flexibility index (Phi) is 3.09. The van der Waals surface area contributed by atoms with E-state index in [0.717, 1.165) is 12.3 Å². The van der Waals surface area contributed by atoms with Crippen molar-refractivity contribution in [2.24, 2.45) is 4.99 Å². The second-order valence-corrected chi connectivity index (χ2v) is 4.29. The standard InChI is InChI=1S/C14H18N2/c1-11(2)16-13-9-7-5-4-6-8-12(13)10-14(16)15-3/h4-9,11H,10H2,1-3H3/b5-4?,6-4-,7-5-,8-6?,9-7?,12-8-,13-9+,15-14+. The summed E-state index contributed by atoms with van der Waals surface area (Å²) in [6.45, 7) is 4.40. The highest BCUT2D eigenvalue weighted by atomic mass is 15.2. The Hall–Kier alpha value is -1.57. The quantitative estimate of drug-likeness (QED) is 0.655. The molecule has 0 aromatic rings. The first-order valence-electron chi connectivity index (χ1n) is 5.73. The van der Waals surface area contributed by atoms with E-state index in [-0.39, 0.29) is 0 Å². The molecule has 0 saturated carbocycles. The van der Waals surface area contributed by atoms with E-state index in [1.54, 1.807) is 0 Å². The van der Waals surface area contributed by atoms with Gasteiger partial charge in [-0.25, -0.2) is 0 Å². The van der Waals surface area contributed by atoms with Gasteiger partial charge in [-0.1, -0.05) is 30.4 Å². The van der Waals surface area contributed by atoms with Crippen molar-refractivity contribution >= 4 is 5.84 Å². The van der Waals surface area contributed by atoms with Crippen molar-refractivity contribution in [1.82, 2.24) is 4.90 Å². The maximum absolute atomic E-state index is 4.39. The Labute approximate surface area is 97.4 Å². The highest BCUT2D eigenvalue weighted by Crippen LogP contribution is 2.31. The third kappa shape index (κ3) is 1.87. The van der Waals surface area contributed by atoms with Crippen molar-refractivity contribution < 1.29 is 0 Å². The van der Waals surface area contributed by atoms with Crippen molar-refractivity contribution in [3.8, 4) is 0 Å². The van der Waals surface area contributed by atoms with Crippen LogP contribution in [0.2, 0.25) is 0 Å². The van der Waals surface area contributed by atoms with Crippen molar-refractivity contribution in [1.29, 1.82) is 0 Å². The fourth-order valence-electron chi connectivity index (χ4n) is 2.18. The molecule has 0 aromatic heterocycles. The van der Waals surface area contributed by atoms with E-state index in [1.807, 2.05) is 7.05 Å². The van der Waals surface area contributed by atoms with Gasteiger partial charge in [-0.3, -0.25) is 4.99 Å². The molecule has 1 heterocycles. The third-order valence-electron chi connectivity index (χ3n) is 2.87. The van der Waals surface area contributed by atoms with Crippen LogP contribution in [0.5, 0.6) is 0 Å². The van der Waals surface area contributed by atoms with E-state index < -0.39 is 0 Å². The number of amidine groups is 1. The van der Waals surface area contributed by atoms with Gasteiger partial charge in [0, 0.05) is 25.2 Å². The number of aliphatic imine (C=N–C) groups is 1. The maximum atomic E-state index is 4.39. The number of nitrogens with zero attached hydrogens (tertiary/aromatic N) is 2. The fraction of sp³-hybridized carbons (Fsp3) is 0.357. The van der Waals surface area contributed by atoms with Gasteiger partial charge >= 0.3 is 0 Å². The predicted molar refractivity (Wildman–Crippen MR) is 69.4 cm³/mol. The minimum atomic E-state index is 0.452. The fourth-order valence-corrected chi connectivity index (χ4v) is 2.18. The zero-order valence-corrected chi connectivity index (χ0v) is 10.1. The molecule has 1 aliphatic heterocycles. The molecule has 0 bridgehead atoms. The van der Waals surface area contributed by atoms with Gasteiger partial charge in [0.25, 0.3) is 0 Å². The van der Waals surface area contributed by atoms with Crippen LogP contribution in [0.15, 0.2) is 52.7 Å². The number of fused-ring (bicyclic) bond motifs is 1. The molecule has 84 valence electrons. The Morgan fingerprint density at radius 3 is 2.44 bits per heavy atom. The predicted octanol–water partition coefficient (Wildman–Crippen LogP) is 3.07. The summed E-state index contributed by atoms with van der Waals surface area (Å²) in [7, 11) is 1.87. The minimum Gasteiger partial charge on any atom is -0.327 e. The summed E-state index contributed by atoms with van der Waals surface area (Å²) in [5.41, 5.74) is 2.64. The SMILES string of the molecule is C/N=C1\CC2=C/C=C\C=C/C=C\2N1C(C)C. The van der Waals surface area contributed by atoms with Gasteiger partial charge in [-0.15, -0.1) is 0 Å². The smallest absolute Gasteiger partial charge is 0.108 e. The molecule has 1 fully saturated rings. The van der Waals surface area contributed by atoms with Crippen molar-refractivity contribution in [3.05, 3.63) is 47.7 Å². The molecule has 16 heavy (non-hydrogen) atoms. The Morgan fingerprint density at radius 2 is 1.81 bits per heavy atom. The Bertz CT molecular complexity index is 420. The van der Waals surface area contributed by atoms with Crippen molar-refractivity contribution in [3.63, 3.8) is 0 Å². The lowest BCUT2D eigenvalue weighted by atomic mass is 10.1. The van der Waals surface area contributed by atoms with Gasteiger partial charge in [0.1, 0.15) is 5.84 Å². The average Bonchev–Trinajstić information content (AvgIpc) is 2.55. The number of hydrogen-bond donors (Lipinski definition) is 0. The summed E-state index contributed by atoms with van der Waals surface area (Å²) in [5, 5.41) is 0. The van der Waals surface area contributed by atoms with Gasteiger partial charge < -0.3 is 4.90 Å². The van der Waals surface area contributed by atoms with Crippen LogP contribution in [0.4, 0.5) is 0 Å². The van der Waals surface area contributed by atoms with Crippen LogP contribution in [-0.4, -0.2) is 23.8 Å². The molecule has 0 spiro atoms. The maximum Gasteiger partial charge on any atom is 0.108 e. The lowest BCUT2D eigenvalue weighted by Crippen LogP contribution is -2.30. The lowest BCUT2D eigenvalue weighted by molar-refractivity contribution is 0.444. The highest BCUT2D eigenvalue weighted by molar-refractivity contribution is 5.92. The molecule has 0 unspecified atom stereocenters. The van der Waals surface area contributed by atoms with Crippen LogP contribution < -0.4 is 0 Å². The van der Waals surface area contributed by atoms with E-state index in [0.29, 0.717) is 6.04 Å². The first-order valence-corrected chi connectivity index (χ1v) is 5.73. The normalized spacial score (nSPS) is 32.5. The zero-order chi connectivity index (χ0) is 11.5. The molecule has 0 radical (unpaired) electrons. The molecule has 2 heteroatoms. The summed E-state index contributed by atoms with van der Waals surface area (Å²) >= 11 is 0. The first kappa shape index (κ1) is 10.9. The second kappa shape index (κ2) is 4.52. The number of rotatable bonds is 1. The molecular formula is C14H18N2. The summed E-state index contributed by atoms with van der Waals surface area (Å²) in [4.78, 5) is 6.70. The van der Waals surface area contributed by atoms with E-state index in [2.05, 4.69) is 60.2 Å². The summed E-state index contributed by atoms with van der Waals surface area (Å²) < 4.78 is 0. The number of allylic oxidation sites excluding steroid dienone is 7. The summed E-state index contributed by atoms with van der Waals surface area (Å²) in [5.74, 6) is 1.16. The van der Waals surface area contributed by atoms with E-state index in [9.17, 15) is 0 Å². The molecule has 1 saturated heterocycles. The largest absolute Gasteiger partial charge is 0.327 e. The van der Waals surface area contributed by atoms with Crippen molar-refractivity contribution in [2.75, 3.05) is 7.05 Å². The molecule has 0 atom stereocenters. The number of likely N-dealkylation sites (tertiary alicyclic amines) is 1. The lowest BCUT2D eigenvalue weighted by Gasteiger charge is -2.25. The van der Waals surface area contributed by atoms with Crippen LogP contribution in [0.1, 0.15) is 20.3 Å². The second-order valence-electron chi connectivity index (χ2n) is 4.29. The molecular weight excluding hydrogens is 196 g/mol. The van der Waals surface area contributed by atoms with Crippen LogP contribution in [0, 0.1) is 0 Å². The Balaban J connectivity index is 2.46. The Morgan fingerprint density at radius 1 is 1.12 bits per heavy atom. The van der Waals surface area contributed by atoms with Crippen molar-refractivity contribution in [2.45, 2.75) is 26.3 Å². The van der Waals surface area contributed by atoms with Gasteiger partial charge in [0.15, 0.2) is 0 Å². The van der Waals surface area contributed by atoms with Crippen LogP contribution >= 0.6 is 0 Å².